The third-order valence-electron chi connectivity index (χ3n) is 2.43. The van der Waals surface area contributed by atoms with Crippen LogP contribution in [0.5, 0.6) is 5.75 Å². The van der Waals surface area contributed by atoms with Crippen molar-refractivity contribution in [3.8, 4) is 5.75 Å². The molecule has 0 spiro atoms. The van der Waals surface area contributed by atoms with E-state index in [1.54, 1.807) is 12.1 Å². The van der Waals surface area contributed by atoms with Crippen LogP contribution in [0.3, 0.4) is 0 Å². The minimum atomic E-state index is -0.525. The van der Waals surface area contributed by atoms with Crippen LogP contribution < -0.4 is 5.32 Å². The van der Waals surface area contributed by atoms with Crippen molar-refractivity contribution in [2.45, 2.75) is 6.54 Å². The van der Waals surface area contributed by atoms with Gasteiger partial charge in [-0.1, -0.05) is 23.7 Å². The van der Waals surface area contributed by atoms with E-state index < -0.39 is 4.92 Å². The smallest absolute Gasteiger partial charge is 0.311 e. The van der Waals surface area contributed by atoms with E-state index in [4.69, 9.17) is 16.7 Å². The van der Waals surface area contributed by atoms with E-state index in [0.29, 0.717) is 6.54 Å². The zero-order valence-electron chi connectivity index (χ0n) is 9.71. The zero-order valence-corrected chi connectivity index (χ0v) is 10.5. The summed E-state index contributed by atoms with van der Waals surface area (Å²) in [4.78, 5) is 14.2. The van der Waals surface area contributed by atoms with Crippen LogP contribution in [0.2, 0.25) is 5.15 Å². The number of phenolic OH excluding ortho intramolecular Hbond substituents is 1. The molecular weight excluding hydrogens is 270 g/mol. The largest absolute Gasteiger partial charge is 0.508 e. The second-order valence-electron chi connectivity index (χ2n) is 3.78. The molecule has 1 aromatic carbocycles. The first kappa shape index (κ1) is 13.1. The fraction of sp³-hybridized carbons (Fsp3) is 0.0833. The Labute approximate surface area is 113 Å². The highest BCUT2D eigenvalue weighted by Gasteiger charge is 2.15. The van der Waals surface area contributed by atoms with Crippen LogP contribution in [0.4, 0.5) is 11.5 Å². The van der Waals surface area contributed by atoms with Crippen LogP contribution in [0.25, 0.3) is 0 Å². The third kappa shape index (κ3) is 3.32. The molecule has 0 saturated carbocycles. The van der Waals surface area contributed by atoms with Crippen LogP contribution in [0.15, 0.2) is 36.4 Å². The lowest BCUT2D eigenvalue weighted by molar-refractivity contribution is -0.384. The summed E-state index contributed by atoms with van der Waals surface area (Å²) < 4.78 is 0. The Morgan fingerprint density at radius 1 is 1.26 bits per heavy atom. The molecule has 0 aliphatic rings. The van der Waals surface area contributed by atoms with Gasteiger partial charge in [-0.25, -0.2) is 4.98 Å². The first-order valence-electron chi connectivity index (χ1n) is 5.39. The van der Waals surface area contributed by atoms with Gasteiger partial charge >= 0.3 is 5.69 Å². The molecule has 0 aliphatic heterocycles. The van der Waals surface area contributed by atoms with E-state index in [0.717, 1.165) is 5.56 Å². The molecule has 98 valence electrons. The van der Waals surface area contributed by atoms with E-state index in [-0.39, 0.29) is 22.4 Å². The first-order chi connectivity index (χ1) is 9.06. The number of nitrogens with one attached hydrogen (secondary N) is 1. The molecule has 0 unspecified atom stereocenters. The van der Waals surface area contributed by atoms with Gasteiger partial charge in [0.1, 0.15) is 10.9 Å². The molecule has 0 bridgehead atoms. The number of rotatable bonds is 4. The minimum Gasteiger partial charge on any atom is -0.508 e. The lowest BCUT2D eigenvalue weighted by atomic mass is 10.2. The number of hydrogen-bond donors (Lipinski definition) is 2. The number of phenols is 1. The average molecular weight is 280 g/mol. The van der Waals surface area contributed by atoms with Gasteiger partial charge in [0.05, 0.1) is 4.92 Å². The Morgan fingerprint density at radius 3 is 2.58 bits per heavy atom. The second-order valence-corrected chi connectivity index (χ2v) is 4.17. The molecule has 0 fully saturated rings. The summed E-state index contributed by atoms with van der Waals surface area (Å²) in [6, 6.07) is 9.16. The van der Waals surface area contributed by atoms with Crippen molar-refractivity contribution in [1.29, 1.82) is 0 Å². The number of hydrogen-bond acceptors (Lipinski definition) is 5. The van der Waals surface area contributed by atoms with Gasteiger partial charge in [0, 0.05) is 12.6 Å². The van der Waals surface area contributed by atoms with Crippen molar-refractivity contribution in [2.75, 3.05) is 5.32 Å². The monoisotopic (exact) mass is 279 g/mol. The molecule has 19 heavy (non-hydrogen) atoms. The van der Waals surface area contributed by atoms with Crippen LogP contribution in [-0.4, -0.2) is 15.0 Å². The fourth-order valence-electron chi connectivity index (χ4n) is 1.50. The number of aromatic hydroxyl groups is 1. The highest BCUT2D eigenvalue weighted by molar-refractivity contribution is 6.29. The molecule has 1 aromatic heterocycles. The van der Waals surface area contributed by atoms with Crippen LogP contribution in [0.1, 0.15) is 5.56 Å². The molecule has 2 aromatic rings. The molecule has 2 N–H and O–H groups in total. The predicted octanol–water partition coefficient (Wildman–Crippen LogP) is 2.96. The fourth-order valence-corrected chi connectivity index (χ4v) is 1.65. The maximum atomic E-state index is 10.8. The summed E-state index contributed by atoms with van der Waals surface area (Å²) in [5.41, 5.74) is 0.719. The molecule has 0 radical (unpaired) electrons. The summed E-state index contributed by atoms with van der Waals surface area (Å²) >= 11 is 5.72. The van der Waals surface area contributed by atoms with E-state index in [9.17, 15) is 10.1 Å². The Balaban J connectivity index is 2.16. The summed E-state index contributed by atoms with van der Waals surface area (Å²) in [6.45, 7) is 0.342. The molecule has 7 heteroatoms. The summed E-state index contributed by atoms with van der Waals surface area (Å²) in [6.07, 6.45) is 0. The maximum Gasteiger partial charge on any atom is 0.311 e. The maximum absolute atomic E-state index is 10.8. The third-order valence-corrected chi connectivity index (χ3v) is 2.64. The molecule has 0 aliphatic carbocycles. The number of anilines is 1. The number of halogens is 1. The first-order valence-corrected chi connectivity index (χ1v) is 5.77. The Morgan fingerprint density at radius 2 is 1.95 bits per heavy atom. The summed E-state index contributed by atoms with van der Waals surface area (Å²) in [7, 11) is 0. The summed E-state index contributed by atoms with van der Waals surface area (Å²) in [5.74, 6) is 0.279. The molecule has 0 saturated heterocycles. The van der Waals surface area contributed by atoms with Gasteiger partial charge in [0.2, 0.25) is 5.82 Å². The van der Waals surface area contributed by atoms with Crippen molar-refractivity contribution in [2.24, 2.45) is 0 Å². The van der Waals surface area contributed by atoms with Crippen molar-refractivity contribution in [3.05, 3.63) is 57.2 Å². The molecule has 0 atom stereocenters. The van der Waals surface area contributed by atoms with Crippen molar-refractivity contribution < 1.29 is 10.0 Å². The summed E-state index contributed by atoms with van der Waals surface area (Å²) in [5, 5.41) is 23.0. The molecule has 2 rings (SSSR count). The van der Waals surface area contributed by atoms with Gasteiger partial charge < -0.3 is 10.4 Å². The molecular formula is C12H10ClN3O3. The number of pyridine rings is 1. The standard InChI is InChI=1S/C12H10ClN3O3/c13-11-6-5-10(16(18)19)12(15-11)14-7-8-1-3-9(17)4-2-8/h1-6,17H,7H2,(H,14,15). The van der Waals surface area contributed by atoms with Gasteiger partial charge in [0.25, 0.3) is 0 Å². The number of nitrogens with zero attached hydrogens (tertiary/aromatic N) is 2. The van der Waals surface area contributed by atoms with Gasteiger partial charge in [-0.15, -0.1) is 0 Å². The Hall–Kier alpha value is -2.34. The van der Waals surface area contributed by atoms with Crippen LogP contribution in [-0.2, 0) is 6.54 Å². The zero-order chi connectivity index (χ0) is 13.8. The molecule has 6 nitrogen and oxygen atoms in total. The van der Waals surface area contributed by atoms with Crippen LogP contribution in [0, 0.1) is 10.1 Å². The van der Waals surface area contributed by atoms with Crippen molar-refractivity contribution in [1.82, 2.24) is 4.98 Å². The van der Waals surface area contributed by atoms with Gasteiger partial charge in [-0.2, -0.15) is 0 Å². The quantitative estimate of drug-likeness (QED) is 0.510. The SMILES string of the molecule is O=[N+]([O-])c1ccc(Cl)nc1NCc1ccc(O)cc1. The highest BCUT2D eigenvalue weighted by atomic mass is 35.5. The topological polar surface area (TPSA) is 88.3 Å². The van der Waals surface area contributed by atoms with Crippen LogP contribution >= 0.6 is 11.6 Å². The normalized spacial score (nSPS) is 10.2. The minimum absolute atomic E-state index is 0.116. The predicted molar refractivity (Wildman–Crippen MR) is 71.3 cm³/mol. The molecule has 0 amide bonds. The van der Waals surface area contributed by atoms with Crippen molar-refractivity contribution in [3.63, 3.8) is 0 Å². The lowest BCUT2D eigenvalue weighted by Crippen LogP contribution is -2.04. The van der Waals surface area contributed by atoms with E-state index in [1.807, 2.05) is 0 Å². The van der Waals surface area contributed by atoms with E-state index in [1.165, 1.54) is 24.3 Å². The van der Waals surface area contributed by atoms with E-state index >= 15 is 0 Å². The second kappa shape index (κ2) is 5.53. The van der Waals surface area contributed by atoms with Crippen molar-refractivity contribution >= 4 is 23.1 Å². The lowest BCUT2D eigenvalue weighted by Gasteiger charge is -2.06. The van der Waals surface area contributed by atoms with Gasteiger partial charge in [-0.3, -0.25) is 10.1 Å². The molecule has 1 heterocycles. The average Bonchev–Trinajstić information content (AvgIpc) is 2.38. The Bertz CT molecular complexity index is 602. The van der Waals surface area contributed by atoms with Gasteiger partial charge in [0.15, 0.2) is 0 Å². The van der Waals surface area contributed by atoms with E-state index in [2.05, 4.69) is 10.3 Å². The highest BCUT2D eigenvalue weighted by Crippen LogP contribution is 2.24. The number of benzene rings is 1. The van der Waals surface area contributed by atoms with Gasteiger partial charge in [-0.05, 0) is 23.8 Å². The number of nitro groups is 1. The number of aromatic nitrogens is 1. The Kier molecular flexibility index (Phi) is 3.82.